The highest BCUT2D eigenvalue weighted by Crippen LogP contribution is 2.26. The third-order valence-corrected chi connectivity index (χ3v) is 5.22. The molecular weight excluding hydrogens is 392 g/mol. The zero-order valence-corrected chi connectivity index (χ0v) is 18.0. The normalized spacial score (nSPS) is 11.2. The van der Waals surface area contributed by atoms with E-state index in [1.807, 2.05) is 26.0 Å². The summed E-state index contributed by atoms with van der Waals surface area (Å²) in [5.74, 6) is 0.963. The maximum Gasteiger partial charge on any atom is 0.232 e. The molecule has 0 fully saturated rings. The lowest BCUT2D eigenvalue weighted by molar-refractivity contribution is -0.116. The third-order valence-electron chi connectivity index (χ3n) is 4.03. The lowest BCUT2D eigenvalue weighted by Crippen LogP contribution is -2.31. The van der Waals surface area contributed by atoms with E-state index in [1.54, 1.807) is 36.4 Å². The van der Waals surface area contributed by atoms with Gasteiger partial charge in [-0.1, -0.05) is 18.2 Å². The summed E-state index contributed by atoms with van der Waals surface area (Å²) in [6.07, 6.45) is 1.67. The van der Waals surface area contributed by atoms with Gasteiger partial charge in [-0.2, -0.15) is 0 Å². The van der Waals surface area contributed by atoms with E-state index < -0.39 is 10.0 Å². The van der Waals surface area contributed by atoms with Crippen molar-refractivity contribution in [2.45, 2.75) is 32.8 Å². The number of ether oxygens (including phenoxy) is 2. The highest BCUT2D eigenvalue weighted by molar-refractivity contribution is 7.92. The van der Waals surface area contributed by atoms with Gasteiger partial charge in [-0.05, 0) is 44.5 Å². The molecular formula is C21H28N2O5S. The van der Waals surface area contributed by atoms with Gasteiger partial charge in [-0.3, -0.25) is 9.10 Å². The minimum absolute atomic E-state index is 0.0146. The Kier molecular flexibility index (Phi) is 7.90. The van der Waals surface area contributed by atoms with Gasteiger partial charge < -0.3 is 14.8 Å². The first-order valence-corrected chi connectivity index (χ1v) is 11.2. The van der Waals surface area contributed by atoms with E-state index in [1.165, 1.54) is 11.4 Å². The molecule has 0 aliphatic carbocycles. The summed E-state index contributed by atoms with van der Waals surface area (Å²) in [7, 11) is -1.97. The number of nitrogens with zero attached hydrogens (tertiary/aromatic N) is 1. The zero-order chi connectivity index (χ0) is 21.4. The molecule has 0 spiro atoms. The second-order valence-electron chi connectivity index (χ2n) is 6.85. The monoisotopic (exact) mass is 420 g/mol. The number of carbonyl (C=O) groups excluding carboxylic acids is 1. The number of hydrogen-bond acceptors (Lipinski definition) is 5. The number of nitrogens with one attached hydrogen (secondary N) is 1. The molecule has 1 amide bonds. The van der Waals surface area contributed by atoms with Crippen LogP contribution in [0.4, 0.5) is 11.4 Å². The summed E-state index contributed by atoms with van der Waals surface area (Å²) in [6, 6.07) is 14.0. The van der Waals surface area contributed by atoms with Crippen molar-refractivity contribution in [3.8, 4) is 11.5 Å². The molecule has 0 unspecified atom stereocenters. The first-order chi connectivity index (χ1) is 13.7. The van der Waals surface area contributed by atoms with Crippen LogP contribution in [0.15, 0.2) is 48.5 Å². The molecule has 0 radical (unpaired) electrons. The van der Waals surface area contributed by atoms with Crippen LogP contribution in [0.3, 0.4) is 0 Å². The Morgan fingerprint density at radius 1 is 1.14 bits per heavy atom. The second kappa shape index (κ2) is 10.2. The van der Waals surface area contributed by atoms with Gasteiger partial charge in [-0.15, -0.1) is 0 Å². The van der Waals surface area contributed by atoms with Crippen molar-refractivity contribution in [1.29, 1.82) is 0 Å². The van der Waals surface area contributed by atoms with Crippen molar-refractivity contribution in [2.24, 2.45) is 0 Å². The molecule has 0 aliphatic heterocycles. The van der Waals surface area contributed by atoms with Gasteiger partial charge in [0.2, 0.25) is 15.9 Å². The lowest BCUT2D eigenvalue weighted by Gasteiger charge is -2.22. The molecule has 0 aliphatic rings. The summed E-state index contributed by atoms with van der Waals surface area (Å²) < 4.78 is 36.6. The van der Waals surface area contributed by atoms with Crippen molar-refractivity contribution in [1.82, 2.24) is 0 Å². The molecule has 0 bridgehead atoms. The highest BCUT2D eigenvalue weighted by atomic mass is 32.2. The van der Waals surface area contributed by atoms with Crippen LogP contribution >= 0.6 is 0 Å². The minimum atomic E-state index is -3.49. The van der Waals surface area contributed by atoms with Crippen LogP contribution in [0.5, 0.6) is 11.5 Å². The predicted octanol–water partition coefficient (Wildman–Crippen LogP) is 3.67. The van der Waals surface area contributed by atoms with Crippen molar-refractivity contribution in [3.05, 3.63) is 48.5 Å². The Morgan fingerprint density at radius 3 is 2.52 bits per heavy atom. The van der Waals surface area contributed by atoms with Crippen molar-refractivity contribution in [3.63, 3.8) is 0 Å². The van der Waals surface area contributed by atoms with E-state index in [0.717, 1.165) is 6.26 Å². The van der Waals surface area contributed by atoms with Crippen molar-refractivity contribution in [2.75, 3.05) is 29.5 Å². The van der Waals surface area contributed by atoms with Crippen LogP contribution in [-0.4, -0.2) is 40.3 Å². The van der Waals surface area contributed by atoms with Crippen LogP contribution in [0.25, 0.3) is 0 Å². The van der Waals surface area contributed by atoms with E-state index in [4.69, 9.17) is 9.47 Å². The molecule has 2 aromatic carbocycles. The number of anilines is 2. The molecule has 0 aromatic heterocycles. The average molecular weight is 421 g/mol. The molecule has 8 heteroatoms. The van der Waals surface area contributed by atoms with Crippen LogP contribution in [0.1, 0.15) is 26.7 Å². The first-order valence-electron chi connectivity index (χ1n) is 9.38. The molecule has 1 N–H and O–H groups in total. The highest BCUT2D eigenvalue weighted by Gasteiger charge is 2.18. The lowest BCUT2D eigenvalue weighted by atomic mass is 10.2. The Labute approximate surface area is 172 Å². The molecule has 2 aromatic rings. The maximum atomic E-state index is 12.4. The predicted molar refractivity (Wildman–Crippen MR) is 115 cm³/mol. The van der Waals surface area contributed by atoms with Gasteiger partial charge in [0.1, 0.15) is 11.5 Å². The maximum absolute atomic E-state index is 12.4. The van der Waals surface area contributed by atoms with E-state index >= 15 is 0 Å². The molecule has 0 saturated carbocycles. The van der Waals surface area contributed by atoms with Gasteiger partial charge >= 0.3 is 0 Å². The summed E-state index contributed by atoms with van der Waals surface area (Å²) in [4.78, 5) is 12.4. The van der Waals surface area contributed by atoms with Crippen LogP contribution < -0.4 is 19.1 Å². The molecule has 0 saturated heterocycles. The van der Waals surface area contributed by atoms with E-state index in [9.17, 15) is 13.2 Å². The summed E-state index contributed by atoms with van der Waals surface area (Å²) in [6.45, 7) is 4.01. The number of benzene rings is 2. The van der Waals surface area contributed by atoms with Crippen LogP contribution in [0, 0.1) is 0 Å². The van der Waals surface area contributed by atoms with Gasteiger partial charge in [-0.25, -0.2) is 8.42 Å². The average Bonchev–Trinajstić information content (AvgIpc) is 2.65. The molecule has 158 valence electrons. The second-order valence-corrected chi connectivity index (χ2v) is 8.76. The summed E-state index contributed by atoms with van der Waals surface area (Å²) >= 11 is 0. The molecule has 7 nitrogen and oxygen atoms in total. The van der Waals surface area contributed by atoms with Gasteiger partial charge in [0.15, 0.2) is 0 Å². The minimum Gasteiger partial charge on any atom is -0.497 e. The summed E-state index contributed by atoms with van der Waals surface area (Å²) in [5, 5.41) is 2.83. The largest absolute Gasteiger partial charge is 0.497 e. The third kappa shape index (κ3) is 6.98. The van der Waals surface area contributed by atoms with Crippen LogP contribution in [-0.2, 0) is 14.8 Å². The Bertz CT molecular complexity index is 928. The summed E-state index contributed by atoms with van der Waals surface area (Å²) in [5.41, 5.74) is 1.10. The fourth-order valence-electron chi connectivity index (χ4n) is 2.77. The quantitative estimate of drug-likeness (QED) is 0.634. The van der Waals surface area contributed by atoms with E-state index in [0.29, 0.717) is 29.3 Å². The number of sulfonamides is 1. The smallest absolute Gasteiger partial charge is 0.232 e. The number of para-hydroxylation sites is 2. The Morgan fingerprint density at radius 2 is 1.86 bits per heavy atom. The fourth-order valence-corrected chi connectivity index (χ4v) is 3.73. The number of carbonyl (C=O) groups is 1. The molecule has 29 heavy (non-hydrogen) atoms. The molecule has 0 heterocycles. The van der Waals surface area contributed by atoms with Gasteiger partial charge in [0.05, 0.1) is 30.8 Å². The SMILES string of the molecule is COc1cccc(N(CCCC(=O)Nc2ccccc2OC(C)C)S(C)(=O)=O)c1. The number of hydrogen-bond donors (Lipinski definition) is 1. The molecule has 2 rings (SSSR count). The first kappa shape index (κ1) is 22.5. The Balaban J connectivity index is 2.00. The van der Waals surface area contributed by atoms with Crippen molar-refractivity contribution >= 4 is 27.3 Å². The number of methoxy groups -OCH3 is 1. The number of rotatable bonds is 10. The molecule has 0 atom stereocenters. The van der Waals surface area contributed by atoms with Gasteiger partial charge in [0.25, 0.3) is 0 Å². The standard InChI is InChI=1S/C21H28N2O5S/c1-16(2)28-20-12-6-5-11-19(20)22-21(24)13-8-14-23(29(4,25)26)17-9-7-10-18(15-17)27-3/h5-7,9-12,15-16H,8,13-14H2,1-4H3,(H,22,24). The van der Waals surface area contributed by atoms with Crippen LogP contribution in [0.2, 0.25) is 0 Å². The fraction of sp³-hybridized carbons (Fsp3) is 0.381. The number of amides is 1. The van der Waals surface area contributed by atoms with Crippen molar-refractivity contribution < 1.29 is 22.7 Å². The van der Waals surface area contributed by atoms with Gasteiger partial charge in [0, 0.05) is 19.0 Å². The topological polar surface area (TPSA) is 84.9 Å². The van der Waals surface area contributed by atoms with E-state index in [-0.39, 0.29) is 25.0 Å². The van der Waals surface area contributed by atoms with E-state index in [2.05, 4.69) is 5.32 Å². The zero-order valence-electron chi connectivity index (χ0n) is 17.2. The Hall–Kier alpha value is -2.74.